The Morgan fingerprint density at radius 3 is 2.50 bits per heavy atom. The summed E-state index contributed by atoms with van der Waals surface area (Å²) in [4.78, 5) is 15.0. The van der Waals surface area contributed by atoms with E-state index in [1.54, 1.807) is 0 Å². The number of ether oxygens (including phenoxy) is 2. The van der Waals surface area contributed by atoms with E-state index in [4.69, 9.17) is 9.47 Å². The number of carbonyl (C=O) groups excluding carboxylic acids is 1. The summed E-state index contributed by atoms with van der Waals surface area (Å²) in [5.41, 5.74) is 3.74. The molecule has 2 aliphatic heterocycles. The molecule has 32 heavy (non-hydrogen) atoms. The molecule has 1 spiro atoms. The van der Waals surface area contributed by atoms with Crippen molar-refractivity contribution in [2.24, 2.45) is 7.05 Å². The summed E-state index contributed by atoms with van der Waals surface area (Å²) >= 11 is 0. The number of hydrogen-bond donors (Lipinski definition) is 1. The molecule has 1 fully saturated rings. The van der Waals surface area contributed by atoms with E-state index in [2.05, 4.69) is 39.6 Å². The number of fused-ring (bicyclic) bond motifs is 1. The Morgan fingerprint density at radius 2 is 1.88 bits per heavy atom. The van der Waals surface area contributed by atoms with Gasteiger partial charge >= 0.3 is 0 Å². The third kappa shape index (κ3) is 4.99. The van der Waals surface area contributed by atoms with Gasteiger partial charge in [0.25, 0.3) is 5.91 Å². The number of aromatic nitrogens is 2. The molecular weight excluding hydrogens is 404 g/mol. The molecule has 1 amide bonds. The number of piperidine rings is 1. The van der Waals surface area contributed by atoms with Crippen LogP contribution in [0.15, 0.2) is 24.3 Å². The summed E-state index contributed by atoms with van der Waals surface area (Å²) in [7, 11) is 1.94. The second-order valence-electron chi connectivity index (χ2n) is 9.76. The number of amides is 1. The number of hydrogen-bond acceptors (Lipinski definition) is 5. The van der Waals surface area contributed by atoms with Gasteiger partial charge in [-0.1, -0.05) is 12.1 Å². The molecule has 1 aromatic carbocycles. The predicted molar refractivity (Wildman–Crippen MR) is 124 cm³/mol. The molecule has 0 saturated carbocycles. The molecule has 0 atom stereocenters. The summed E-state index contributed by atoms with van der Waals surface area (Å²) in [6, 6.07) is 8.51. The standard InChI is InChI=1S/C25H36N4O3/c1-17(2)26-24(30)23-21-16-31-25(14-22(21)28(5)27-23)10-12-29(13-11-25)15-19-6-8-20(9-7-19)32-18(3)4/h6-9,17-18H,10-16H2,1-5H3,(H,26,30). The molecule has 2 aliphatic rings. The minimum Gasteiger partial charge on any atom is -0.491 e. The molecule has 2 aromatic rings. The molecule has 1 N–H and O–H groups in total. The Hall–Kier alpha value is -2.38. The van der Waals surface area contributed by atoms with E-state index in [0.717, 1.165) is 55.9 Å². The number of nitrogens with zero attached hydrogens (tertiary/aromatic N) is 3. The van der Waals surface area contributed by atoms with E-state index < -0.39 is 0 Å². The Balaban J connectivity index is 1.36. The van der Waals surface area contributed by atoms with Gasteiger partial charge in [0.1, 0.15) is 5.75 Å². The summed E-state index contributed by atoms with van der Waals surface area (Å²) in [5.74, 6) is 0.807. The normalized spacial score (nSPS) is 18.2. The topological polar surface area (TPSA) is 68.6 Å². The zero-order valence-corrected chi connectivity index (χ0v) is 20.0. The van der Waals surface area contributed by atoms with Gasteiger partial charge in [-0.05, 0) is 58.2 Å². The van der Waals surface area contributed by atoms with Crippen LogP contribution in [0.25, 0.3) is 0 Å². The Labute approximate surface area is 191 Å². The van der Waals surface area contributed by atoms with E-state index >= 15 is 0 Å². The molecule has 0 aliphatic carbocycles. The zero-order chi connectivity index (χ0) is 22.9. The fourth-order valence-corrected chi connectivity index (χ4v) is 4.71. The summed E-state index contributed by atoms with van der Waals surface area (Å²) < 4.78 is 14.0. The molecule has 0 unspecified atom stereocenters. The van der Waals surface area contributed by atoms with Crippen LogP contribution in [0.2, 0.25) is 0 Å². The van der Waals surface area contributed by atoms with E-state index in [0.29, 0.717) is 12.3 Å². The van der Waals surface area contributed by atoms with Gasteiger partial charge in [0.15, 0.2) is 5.69 Å². The molecule has 7 nitrogen and oxygen atoms in total. The maximum absolute atomic E-state index is 12.5. The third-order valence-corrected chi connectivity index (χ3v) is 6.39. The molecule has 1 aromatic heterocycles. The third-order valence-electron chi connectivity index (χ3n) is 6.39. The first-order valence-corrected chi connectivity index (χ1v) is 11.7. The molecule has 0 bridgehead atoms. The van der Waals surface area contributed by atoms with Crippen molar-refractivity contribution in [3.63, 3.8) is 0 Å². The van der Waals surface area contributed by atoms with Gasteiger partial charge in [0.2, 0.25) is 0 Å². The van der Waals surface area contributed by atoms with Crippen LogP contribution in [0.4, 0.5) is 0 Å². The van der Waals surface area contributed by atoms with Crippen LogP contribution < -0.4 is 10.1 Å². The lowest BCUT2D eigenvalue weighted by molar-refractivity contribution is -0.104. The first-order valence-electron chi connectivity index (χ1n) is 11.7. The average Bonchev–Trinajstić information content (AvgIpc) is 3.06. The number of likely N-dealkylation sites (tertiary alicyclic amines) is 1. The zero-order valence-electron chi connectivity index (χ0n) is 20.0. The van der Waals surface area contributed by atoms with E-state index in [1.807, 2.05) is 39.4 Å². The number of benzene rings is 1. The minimum absolute atomic E-state index is 0.0827. The summed E-state index contributed by atoms with van der Waals surface area (Å²) in [5, 5.41) is 7.47. The highest BCUT2D eigenvalue weighted by Crippen LogP contribution is 2.37. The number of nitrogens with one attached hydrogen (secondary N) is 1. The fraction of sp³-hybridized carbons (Fsp3) is 0.600. The number of rotatable bonds is 6. The first kappa shape index (κ1) is 22.8. The quantitative estimate of drug-likeness (QED) is 0.745. The SMILES string of the molecule is CC(C)NC(=O)c1nn(C)c2c1COC1(CCN(Cc3ccc(OC(C)C)cc3)CC1)C2. The second-order valence-corrected chi connectivity index (χ2v) is 9.76. The maximum Gasteiger partial charge on any atom is 0.272 e. The van der Waals surface area contributed by atoms with Gasteiger partial charge in [-0.15, -0.1) is 0 Å². The predicted octanol–water partition coefficient (Wildman–Crippen LogP) is 3.45. The first-order chi connectivity index (χ1) is 15.2. The van der Waals surface area contributed by atoms with Crippen molar-refractivity contribution in [2.45, 2.75) is 77.9 Å². The van der Waals surface area contributed by atoms with Crippen LogP contribution in [-0.2, 0) is 31.4 Å². The van der Waals surface area contributed by atoms with Crippen molar-refractivity contribution in [1.82, 2.24) is 20.0 Å². The lowest BCUT2D eigenvalue weighted by Crippen LogP contribution is -2.49. The fourth-order valence-electron chi connectivity index (χ4n) is 4.71. The van der Waals surface area contributed by atoms with E-state index in [1.165, 1.54) is 5.56 Å². The van der Waals surface area contributed by atoms with Gasteiger partial charge in [-0.25, -0.2) is 0 Å². The lowest BCUT2D eigenvalue weighted by atomic mass is 9.83. The molecule has 0 radical (unpaired) electrons. The van der Waals surface area contributed by atoms with Crippen molar-refractivity contribution >= 4 is 5.91 Å². The van der Waals surface area contributed by atoms with Crippen LogP contribution in [0.1, 0.15) is 67.8 Å². The molecule has 1 saturated heterocycles. The van der Waals surface area contributed by atoms with Gasteiger partial charge in [0, 0.05) is 50.4 Å². The van der Waals surface area contributed by atoms with Crippen LogP contribution in [0.5, 0.6) is 5.75 Å². The number of aryl methyl sites for hydroxylation is 1. The van der Waals surface area contributed by atoms with Gasteiger partial charge in [0.05, 0.1) is 18.3 Å². The van der Waals surface area contributed by atoms with E-state index in [-0.39, 0.29) is 23.7 Å². The molecule has 3 heterocycles. The Bertz CT molecular complexity index is 941. The minimum atomic E-state index is -0.155. The van der Waals surface area contributed by atoms with Crippen molar-refractivity contribution in [1.29, 1.82) is 0 Å². The molecular formula is C25H36N4O3. The Kier molecular flexibility index (Phi) is 6.58. The Morgan fingerprint density at radius 1 is 1.19 bits per heavy atom. The van der Waals surface area contributed by atoms with Crippen LogP contribution in [0, 0.1) is 0 Å². The summed E-state index contributed by atoms with van der Waals surface area (Å²) in [6.07, 6.45) is 2.98. The van der Waals surface area contributed by atoms with Gasteiger partial charge in [-0.2, -0.15) is 5.10 Å². The van der Waals surface area contributed by atoms with Crippen LogP contribution in [0.3, 0.4) is 0 Å². The number of carbonyl (C=O) groups is 1. The van der Waals surface area contributed by atoms with Crippen molar-refractivity contribution in [3.05, 3.63) is 46.8 Å². The average molecular weight is 441 g/mol. The van der Waals surface area contributed by atoms with Crippen molar-refractivity contribution in [2.75, 3.05) is 13.1 Å². The molecule has 7 heteroatoms. The largest absolute Gasteiger partial charge is 0.491 e. The maximum atomic E-state index is 12.5. The molecule has 174 valence electrons. The second kappa shape index (κ2) is 9.24. The molecule has 4 rings (SSSR count). The van der Waals surface area contributed by atoms with E-state index in [9.17, 15) is 4.79 Å². The highest BCUT2D eigenvalue weighted by molar-refractivity contribution is 5.94. The van der Waals surface area contributed by atoms with Gasteiger partial charge in [-0.3, -0.25) is 14.4 Å². The van der Waals surface area contributed by atoms with Crippen LogP contribution in [-0.4, -0.2) is 51.4 Å². The van der Waals surface area contributed by atoms with Crippen molar-refractivity contribution in [3.8, 4) is 5.75 Å². The van der Waals surface area contributed by atoms with Crippen molar-refractivity contribution < 1.29 is 14.3 Å². The highest BCUT2D eigenvalue weighted by atomic mass is 16.5. The summed E-state index contributed by atoms with van der Waals surface area (Å²) in [6.45, 7) is 11.4. The lowest BCUT2D eigenvalue weighted by Gasteiger charge is -2.44. The van der Waals surface area contributed by atoms with Crippen LogP contribution >= 0.6 is 0 Å². The smallest absolute Gasteiger partial charge is 0.272 e. The van der Waals surface area contributed by atoms with Gasteiger partial charge < -0.3 is 14.8 Å². The highest BCUT2D eigenvalue weighted by Gasteiger charge is 2.41. The monoisotopic (exact) mass is 440 g/mol.